The van der Waals surface area contributed by atoms with Crippen LogP contribution in [0.3, 0.4) is 0 Å². The molecule has 1 saturated carbocycles. The number of nitrogens with one attached hydrogen (secondary N) is 1. The molecule has 3 aromatic rings. The van der Waals surface area contributed by atoms with Gasteiger partial charge in [0.2, 0.25) is 0 Å². The van der Waals surface area contributed by atoms with E-state index in [0.717, 1.165) is 11.1 Å². The van der Waals surface area contributed by atoms with Crippen molar-refractivity contribution < 1.29 is 14.4 Å². The van der Waals surface area contributed by atoms with E-state index in [4.69, 9.17) is 4.52 Å². The summed E-state index contributed by atoms with van der Waals surface area (Å²) in [5, 5.41) is 21.1. The van der Waals surface area contributed by atoms with Crippen LogP contribution in [0.4, 0.5) is 0 Å². The lowest BCUT2D eigenvalue weighted by atomic mass is 9.75. The number of rotatable bonds is 5. The monoisotopic (exact) mass is 366 g/mol. The Labute approximate surface area is 157 Å². The van der Waals surface area contributed by atoms with Gasteiger partial charge in [0, 0.05) is 24.4 Å². The minimum atomic E-state index is -0.303. The van der Waals surface area contributed by atoms with E-state index in [1.54, 1.807) is 17.8 Å². The molecule has 0 radical (unpaired) electrons. The number of amides is 1. The van der Waals surface area contributed by atoms with Gasteiger partial charge in [-0.1, -0.05) is 35.5 Å². The number of aryl methyl sites for hydroxylation is 2. The number of carbonyl (C=O) groups is 1. The molecule has 2 heterocycles. The topological polar surface area (TPSA) is 93.2 Å². The average molecular weight is 366 g/mol. The summed E-state index contributed by atoms with van der Waals surface area (Å²) in [6, 6.07) is 9.29. The summed E-state index contributed by atoms with van der Waals surface area (Å²) in [7, 11) is 1.84. The highest BCUT2D eigenvalue weighted by Crippen LogP contribution is 2.38. The summed E-state index contributed by atoms with van der Waals surface area (Å²) in [6.07, 6.45) is 4.67. The molecule has 1 aliphatic rings. The molecule has 1 fully saturated rings. The highest BCUT2D eigenvalue weighted by Gasteiger charge is 2.37. The second-order valence-electron chi connectivity index (χ2n) is 7.11. The number of aliphatic hydroxyl groups excluding tert-OH is 1. The zero-order valence-corrected chi connectivity index (χ0v) is 15.3. The van der Waals surface area contributed by atoms with Crippen LogP contribution in [0.1, 0.15) is 40.6 Å². The van der Waals surface area contributed by atoms with Gasteiger partial charge in [0.25, 0.3) is 5.91 Å². The lowest BCUT2D eigenvalue weighted by Crippen LogP contribution is -2.41. The van der Waals surface area contributed by atoms with Gasteiger partial charge in [-0.25, -0.2) is 0 Å². The van der Waals surface area contributed by atoms with Crippen LogP contribution < -0.4 is 5.32 Å². The van der Waals surface area contributed by atoms with Gasteiger partial charge in [0.15, 0.2) is 0 Å². The summed E-state index contributed by atoms with van der Waals surface area (Å²) >= 11 is 0. The third kappa shape index (κ3) is 3.38. The molecule has 0 saturated heterocycles. The predicted octanol–water partition coefficient (Wildman–Crippen LogP) is 2.63. The van der Waals surface area contributed by atoms with Crippen molar-refractivity contribution in [1.29, 1.82) is 0 Å². The molecular formula is C20H22N4O3. The summed E-state index contributed by atoms with van der Waals surface area (Å²) in [5.74, 6) is 0.418. The number of carbonyl (C=O) groups excluding carboxylic acids is 1. The molecule has 140 valence electrons. The minimum Gasteiger partial charge on any atom is -0.393 e. The largest absolute Gasteiger partial charge is 0.393 e. The van der Waals surface area contributed by atoms with Gasteiger partial charge >= 0.3 is 0 Å². The molecule has 4 rings (SSSR count). The maximum Gasteiger partial charge on any atom is 0.257 e. The first-order chi connectivity index (χ1) is 13.0. The Balaban J connectivity index is 1.63. The number of aromatic nitrogens is 3. The first-order valence-electron chi connectivity index (χ1n) is 9.02. The van der Waals surface area contributed by atoms with E-state index in [-0.39, 0.29) is 24.0 Å². The van der Waals surface area contributed by atoms with Crippen molar-refractivity contribution in [2.45, 2.75) is 31.9 Å². The maximum absolute atomic E-state index is 13.1. The Morgan fingerprint density at radius 3 is 2.70 bits per heavy atom. The smallest absolute Gasteiger partial charge is 0.257 e. The molecule has 1 aromatic carbocycles. The molecule has 1 amide bonds. The average Bonchev–Trinajstić information content (AvgIpc) is 3.23. The van der Waals surface area contributed by atoms with Crippen LogP contribution in [-0.2, 0) is 7.05 Å². The Hall–Kier alpha value is -2.93. The van der Waals surface area contributed by atoms with Crippen molar-refractivity contribution in [2.24, 2.45) is 13.0 Å². The number of aliphatic hydroxyl groups is 1. The molecule has 7 heteroatoms. The second-order valence-corrected chi connectivity index (χ2v) is 7.11. The normalized spacial score (nSPS) is 20.1. The van der Waals surface area contributed by atoms with Crippen LogP contribution in [0.15, 0.2) is 47.2 Å². The fourth-order valence-corrected chi connectivity index (χ4v) is 3.62. The van der Waals surface area contributed by atoms with Gasteiger partial charge in [-0.15, -0.1) is 0 Å². The van der Waals surface area contributed by atoms with Crippen LogP contribution >= 0.6 is 0 Å². The number of nitrogens with zero attached hydrogens (tertiary/aromatic N) is 3. The van der Waals surface area contributed by atoms with Crippen molar-refractivity contribution in [2.75, 3.05) is 0 Å². The summed E-state index contributed by atoms with van der Waals surface area (Å²) < 4.78 is 7.03. The fourth-order valence-electron chi connectivity index (χ4n) is 3.62. The van der Waals surface area contributed by atoms with Crippen molar-refractivity contribution in [1.82, 2.24) is 20.3 Å². The summed E-state index contributed by atoms with van der Waals surface area (Å²) in [6.45, 7) is 1.74. The van der Waals surface area contributed by atoms with Gasteiger partial charge in [0.05, 0.1) is 18.3 Å². The van der Waals surface area contributed by atoms with Crippen LogP contribution in [0.5, 0.6) is 0 Å². The first kappa shape index (κ1) is 17.5. The van der Waals surface area contributed by atoms with E-state index >= 15 is 0 Å². The highest BCUT2D eigenvalue weighted by atomic mass is 16.5. The standard InChI is InChI=1S/C20H22N4O3/c1-12-17(19(23-27-12)13-6-4-3-5-7-13)20(26)22-18(14-8-16(25)9-14)15-10-21-24(2)11-15/h3-7,10-11,14,16,18,25H,8-9H2,1-2H3,(H,22,26)/t14?,16?,18-/m1/s1. The van der Waals surface area contributed by atoms with Crippen molar-refractivity contribution >= 4 is 5.91 Å². The third-order valence-electron chi connectivity index (χ3n) is 5.13. The Kier molecular flexibility index (Phi) is 4.53. The molecule has 7 nitrogen and oxygen atoms in total. The number of benzene rings is 1. The number of hydrogen-bond donors (Lipinski definition) is 2. The third-order valence-corrected chi connectivity index (χ3v) is 5.13. The van der Waals surface area contributed by atoms with Crippen molar-refractivity contribution in [3.8, 4) is 11.3 Å². The van der Waals surface area contributed by atoms with E-state index in [9.17, 15) is 9.90 Å². The van der Waals surface area contributed by atoms with E-state index < -0.39 is 0 Å². The molecule has 2 N–H and O–H groups in total. The van der Waals surface area contributed by atoms with Crippen LogP contribution in [-0.4, -0.2) is 32.1 Å². The lowest BCUT2D eigenvalue weighted by molar-refractivity contribution is 0.0235. The predicted molar refractivity (Wildman–Crippen MR) is 98.8 cm³/mol. The van der Waals surface area contributed by atoms with E-state index in [1.807, 2.05) is 43.6 Å². The summed E-state index contributed by atoms with van der Waals surface area (Å²) in [4.78, 5) is 13.1. The van der Waals surface area contributed by atoms with E-state index in [0.29, 0.717) is 29.9 Å². The van der Waals surface area contributed by atoms with Crippen LogP contribution in [0, 0.1) is 12.8 Å². The Morgan fingerprint density at radius 2 is 2.07 bits per heavy atom. The minimum absolute atomic E-state index is 0.175. The van der Waals surface area contributed by atoms with E-state index in [1.165, 1.54) is 0 Å². The molecule has 27 heavy (non-hydrogen) atoms. The van der Waals surface area contributed by atoms with Gasteiger partial charge < -0.3 is 14.9 Å². The Bertz CT molecular complexity index is 941. The molecule has 0 spiro atoms. The quantitative estimate of drug-likeness (QED) is 0.724. The van der Waals surface area contributed by atoms with Crippen molar-refractivity contribution in [3.05, 3.63) is 59.6 Å². The highest BCUT2D eigenvalue weighted by molar-refractivity contribution is 6.01. The molecule has 0 aliphatic heterocycles. The zero-order chi connectivity index (χ0) is 19.0. The second kappa shape index (κ2) is 7.00. The molecule has 0 unspecified atom stereocenters. The molecule has 2 aromatic heterocycles. The van der Waals surface area contributed by atoms with Crippen LogP contribution in [0.25, 0.3) is 11.3 Å². The molecule has 0 bridgehead atoms. The SMILES string of the molecule is Cc1onc(-c2ccccc2)c1C(=O)N[C@@H](c1cnn(C)c1)C1CC(O)C1. The zero-order valence-electron chi connectivity index (χ0n) is 15.3. The molecule has 1 aliphatic carbocycles. The first-order valence-corrected chi connectivity index (χ1v) is 9.02. The summed E-state index contributed by atoms with van der Waals surface area (Å²) in [5.41, 5.74) is 2.73. The van der Waals surface area contributed by atoms with Gasteiger partial charge in [0.1, 0.15) is 17.0 Å². The fraction of sp³-hybridized carbons (Fsp3) is 0.350. The lowest BCUT2D eigenvalue weighted by Gasteiger charge is -2.37. The Morgan fingerprint density at radius 1 is 1.33 bits per heavy atom. The molecule has 1 atom stereocenters. The maximum atomic E-state index is 13.1. The van der Waals surface area contributed by atoms with Gasteiger partial charge in [-0.05, 0) is 25.7 Å². The van der Waals surface area contributed by atoms with Crippen LogP contribution in [0.2, 0.25) is 0 Å². The van der Waals surface area contributed by atoms with Crippen molar-refractivity contribution in [3.63, 3.8) is 0 Å². The number of hydrogen-bond acceptors (Lipinski definition) is 5. The molecular weight excluding hydrogens is 344 g/mol. The van der Waals surface area contributed by atoms with Gasteiger partial charge in [-0.2, -0.15) is 5.10 Å². The van der Waals surface area contributed by atoms with E-state index in [2.05, 4.69) is 15.6 Å². The van der Waals surface area contributed by atoms with Gasteiger partial charge in [-0.3, -0.25) is 9.48 Å².